The third-order valence-corrected chi connectivity index (χ3v) is 1.78. The molecule has 0 rings (SSSR count). The average Bonchev–Trinajstić information content (AvgIpc) is 2.21. The van der Waals surface area contributed by atoms with Gasteiger partial charge in [-0.1, -0.05) is 25.5 Å². The summed E-state index contributed by atoms with van der Waals surface area (Å²) in [5, 5.41) is 8.37. The Labute approximate surface area is 89.2 Å². The number of carbonyl (C=O) groups is 2. The van der Waals surface area contributed by atoms with Crippen LogP contribution < -0.4 is 0 Å². The van der Waals surface area contributed by atoms with Gasteiger partial charge in [0.25, 0.3) is 0 Å². The van der Waals surface area contributed by atoms with E-state index in [4.69, 9.17) is 5.11 Å². The molecule has 0 fully saturated rings. The predicted molar refractivity (Wildman–Crippen MR) is 56.4 cm³/mol. The van der Waals surface area contributed by atoms with E-state index >= 15 is 0 Å². The van der Waals surface area contributed by atoms with Crippen LogP contribution in [0.25, 0.3) is 0 Å². The molecule has 15 heavy (non-hydrogen) atoms. The Kier molecular flexibility index (Phi) is 6.97. The minimum absolute atomic E-state index is 0.404. The average molecular weight is 212 g/mol. The summed E-state index contributed by atoms with van der Waals surface area (Å²) in [6.45, 7) is 2.02. The standard InChI is InChI=1S/C11H16O4/c1-3-4-6-9(11(14)15-2)7-5-8-10(12)13/h5,7-8H,3-4,6H2,1-2H3,(H,12,13). The van der Waals surface area contributed by atoms with Crippen LogP contribution in [0.15, 0.2) is 23.8 Å². The quantitative estimate of drug-likeness (QED) is 0.415. The molecule has 4 nitrogen and oxygen atoms in total. The van der Waals surface area contributed by atoms with E-state index in [9.17, 15) is 9.59 Å². The van der Waals surface area contributed by atoms with Crippen molar-refractivity contribution in [2.24, 2.45) is 0 Å². The van der Waals surface area contributed by atoms with E-state index in [2.05, 4.69) is 4.74 Å². The number of hydrogen-bond donors (Lipinski definition) is 1. The first-order valence-electron chi connectivity index (χ1n) is 4.80. The number of carboxylic acids is 1. The molecule has 0 heterocycles. The summed E-state index contributed by atoms with van der Waals surface area (Å²) in [6.07, 6.45) is 6.25. The Morgan fingerprint density at radius 1 is 1.40 bits per heavy atom. The number of rotatable bonds is 6. The third kappa shape index (κ3) is 6.49. The minimum atomic E-state index is -1.04. The highest BCUT2D eigenvalue weighted by atomic mass is 16.5. The summed E-state index contributed by atoms with van der Waals surface area (Å²) in [6, 6.07) is 0. The molecule has 0 radical (unpaired) electrons. The van der Waals surface area contributed by atoms with Gasteiger partial charge in [-0.05, 0) is 12.8 Å². The number of carbonyl (C=O) groups excluding carboxylic acids is 1. The summed E-state index contributed by atoms with van der Waals surface area (Å²) >= 11 is 0. The summed E-state index contributed by atoms with van der Waals surface area (Å²) in [5.74, 6) is -1.44. The predicted octanol–water partition coefficient (Wildman–Crippen LogP) is 1.92. The largest absolute Gasteiger partial charge is 0.478 e. The Morgan fingerprint density at radius 2 is 2.07 bits per heavy atom. The Bertz CT molecular complexity index is 276. The van der Waals surface area contributed by atoms with E-state index < -0.39 is 11.9 Å². The smallest absolute Gasteiger partial charge is 0.333 e. The highest BCUT2D eigenvalue weighted by Crippen LogP contribution is 2.09. The maximum Gasteiger partial charge on any atom is 0.333 e. The fraction of sp³-hybridized carbons (Fsp3) is 0.455. The fourth-order valence-electron chi connectivity index (χ4n) is 0.998. The minimum Gasteiger partial charge on any atom is -0.478 e. The molecule has 0 aromatic rings. The molecule has 84 valence electrons. The lowest BCUT2D eigenvalue weighted by atomic mass is 10.1. The van der Waals surface area contributed by atoms with Crippen LogP contribution in [0.3, 0.4) is 0 Å². The van der Waals surface area contributed by atoms with Gasteiger partial charge in [0.1, 0.15) is 0 Å². The van der Waals surface area contributed by atoms with Gasteiger partial charge in [-0.3, -0.25) is 0 Å². The monoisotopic (exact) mass is 212 g/mol. The molecule has 0 aromatic carbocycles. The summed E-state index contributed by atoms with van der Waals surface area (Å²) < 4.78 is 4.58. The molecule has 1 N–H and O–H groups in total. The lowest BCUT2D eigenvalue weighted by Crippen LogP contribution is -2.04. The topological polar surface area (TPSA) is 63.6 Å². The molecule has 0 bridgehead atoms. The van der Waals surface area contributed by atoms with Gasteiger partial charge in [0.05, 0.1) is 7.11 Å². The van der Waals surface area contributed by atoms with Crippen molar-refractivity contribution in [3.05, 3.63) is 23.8 Å². The molecular weight excluding hydrogens is 196 g/mol. The zero-order chi connectivity index (χ0) is 11.7. The molecule has 0 spiro atoms. The van der Waals surface area contributed by atoms with E-state index in [1.165, 1.54) is 19.3 Å². The second-order valence-electron chi connectivity index (χ2n) is 2.98. The van der Waals surface area contributed by atoms with Crippen LogP contribution in [0, 0.1) is 0 Å². The number of allylic oxidation sites excluding steroid dienone is 2. The van der Waals surface area contributed by atoms with E-state index in [0.717, 1.165) is 18.9 Å². The van der Waals surface area contributed by atoms with Crippen molar-refractivity contribution in [1.29, 1.82) is 0 Å². The summed E-state index contributed by atoms with van der Waals surface area (Å²) in [5.41, 5.74) is 0.497. The Hall–Kier alpha value is -1.58. The second kappa shape index (κ2) is 7.79. The summed E-state index contributed by atoms with van der Waals surface area (Å²) in [4.78, 5) is 21.4. The number of hydrogen-bond acceptors (Lipinski definition) is 3. The number of ether oxygens (including phenoxy) is 1. The van der Waals surface area contributed by atoms with Gasteiger partial charge in [-0.25, -0.2) is 9.59 Å². The Balaban J connectivity index is 4.46. The zero-order valence-corrected chi connectivity index (χ0v) is 9.03. The van der Waals surface area contributed by atoms with Gasteiger partial charge in [0.15, 0.2) is 0 Å². The van der Waals surface area contributed by atoms with Gasteiger partial charge < -0.3 is 9.84 Å². The van der Waals surface area contributed by atoms with Gasteiger partial charge in [0.2, 0.25) is 0 Å². The first-order chi connectivity index (χ1) is 7.11. The molecular formula is C11H16O4. The van der Waals surface area contributed by atoms with Gasteiger partial charge in [-0.15, -0.1) is 0 Å². The highest BCUT2D eigenvalue weighted by Gasteiger charge is 2.07. The van der Waals surface area contributed by atoms with Crippen LogP contribution >= 0.6 is 0 Å². The van der Waals surface area contributed by atoms with Crippen LogP contribution in [0.2, 0.25) is 0 Å². The third-order valence-electron chi connectivity index (χ3n) is 1.78. The number of methoxy groups -OCH3 is 1. The molecule has 0 aliphatic carbocycles. The van der Waals surface area contributed by atoms with E-state index in [1.807, 2.05) is 6.92 Å². The first-order valence-corrected chi connectivity index (χ1v) is 4.80. The van der Waals surface area contributed by atoms with Crippen molar-refractivity contribution in [2.45, 2.75) is 26.2 Å². The Morgan fingerprint density at radius 3 is 2.53 bits per heavy atom. The number of aliphatic carboxylic acids is 1. The van der Waals surface area contributed by atoms with E-state index in [1.54, 1.807) is 0 Å². The SMILES string of the molecule is CCCCC(=CC=CC(=O)O)C(=O)OC. The van der Waals surface area contributed by atoms with Crippen LogP contribution in [0.4, 0.5) is 0 Å². The van der Waals surface area contributed by atoms with Crippen molar-refractivity contribution in [1.82, 2.24) is 0 Å². The maximum absolute atomic E-state index is 11.2. The molecule has 0 saturated carbocycles. The van der Waals surface area contributed by atoms with Gasteiger partial charge >= 0.3 is 11.9 Å². The van der Waals surface area contributed by atoms with Crippen molar-refractivity contribution in [3.63, 3.8) is 0 Å². The zero-order valence-electron chi connectivity index (χ0n) is 9.03. The van der Waals surface area contributed by atoms with Crippen LogP contribution in [-0.4, -0.2) is 24.2 Å². The second-order valence-corrected chi connectivity index (χ2v) is 2.98. The molecule has 0 unspecified atom stereocenters. The highest BCUT2D eigenvalue weighted by molar-refractivity contribution is 5.89. The lowest BCUT2D eigenvalue weighted by Gasteiger charge is -2.02. The van der Waals surface area contributed by atoms with Crippen molar-refractivity contribution in [2.75, 3.05) is 7.11 Å². The molecule has 0 aliphatic rings. The van der Waals surface area contributed by atoms with Crippen LogP contribution in [0.5, 0.6) is 0 Å². The van der Waals surface area contributed by atoms with Gasteiger partial charge in [-0.2, -0.15) is 0 Å². The van der Waals surface area contributed by atoms with Crippen LogP contribution in [0.1, 0.15) is 26.2 Å². The van der Waals surface area contributed by atoms with Gasteiger partial charge in [0, 0.05) is 11.6 Å². The maximum atomic E-state index is 11.2. The fourth-order valence-corrected chi connectivity index (χ4v) is 0.998. The lowest BCUT2D eigenvalue weighted by molar-refractivity contribution is -0.136. The van der Waals surface area contributed by atoms with E-state index in [0.29, 0.717) is 12.0 Å². The molecule has 0 saturated heterocycles. The first kappa shape index (κ1) is 13.4. The molecule has 0 aliphatic heterocycles. The molecule has 0 aromatic heterocycles. The summed E-state index contributed by atoms with van der Waals surface area (Å²) in [7, 11) is 1.31. The number of unbranched alkanes of at least 4 members (excludes halogenated alkanes) is 1. The molecule has 0 amide bonds. The van der Waals surface area contributed by atoms with Crippen molar-refractivity contribution in [3.8, 4) is 0 Å². The van der Waals surface area contributed by atoms with Crippen LogP contribution in [-0.2, 0) is 14.3 Å². The van der Waals surface area contributed by atoms with Crippen molar-refractivity contribution >= 4 is 11.9 Å². The normalized spacial score (nSPS) is 11.7. The van der Waals surface area contributed by atoms with Crippen molar-refractivity contribution < 1.29 is 19.4 Å². The molecule has 0 atom stereocenters. The van der Waals surface area contributed by atoms with E-state index in [-0.39, 0.29) is 0 Å². The number of carboxylic acid groups (broad SMARTS) is 1. The number of esters is 1. The molecule has 4 heteroatoms.